The van der Waals surface area contributed by atoms with Crippen LogP contribution in [-0.2, 0) is 11.3 Å². The molecule has 0 amide bonds. The fourth-order valence-corrected chi connectivity index (χ4v) is 2.11. The van der Waals surface area contributed by atoms with Crippen molar-refractivity contribution < 1.29 is 13.9 Å². The van der Waals surface area contributed by atoms with Crippen LogP contribution in [0.4, 0.5) is 4.39 Å². The zero-order valence-corrected chi connectivity index (χ0v) is 10.1. The minimum absolute atomic E-state index is 0.263. The predicted molar refractivity (Wildman–Crippen MR) is 67.8 cm³/mol. The maximum Gasteiger partial charge on any atom is 0.340 e. The lowest BCUT2D eigenvalue weighted by Crippen LogP contribution is -2.20. The predicted octanol–water partition coefficient (Wildman–Crippen LogP) is 2.78. The molecule has 2 aromatic rings. The minimum atomic E-state index is -0.436. The molecule has 1 aliphatic rings. The molecule has 3 nitrogen and oxygen atoms in total. The van der Waals surface area contributed by atoms with Crippen LogP contribution < -0.4 is 5.32 Å². The summed E-state index contributed by atoms with van der Waals surface area (Å²) in [6.45, 7) is 0.507. The molecule has 2 aromatic carbocycles. The third-order valence-electron chi connectivity index (χ3n) is 3.09. The van der Waals surface area contributed by atoms with Crippen molar-refractivity contribution in [3.8, 4) is 0 Å². The SMILES string of the molecule is O=C1OC(NCc2ccc(F)cc2)c2ccccc21. The summed E-state index contributed by atoms with van der Waals surface area (Å²) in [7, 11) is 0. The number of cyclic esters (lactones) is 1. The van der Waals surface area contributed by atoms with Crippen molar-refractivity contribution in [3.63, 3.8) is 0 Å². The van der Waals surface area contributed by atoms with E-state index in [2.05, 4.69) is 5.32 Å². The average molecular weight is 257 g/mol. The van der Waals surface area contributed by atoms with Crippen molar-refractivity contribution in [3.05, 3.63) is 71.0 Å². The van der Waals surface area contributed by atoms with Crippen LogP contribution in [0.5, 0.6) is 0 Å². The van der Waals surface area contributed by atoms with E-state index >= 15 is 0 Å². The van der Waals surface area contributed by atoms with Crippen molar-refractivity contribution in [2.75, 3.05) is 0 Å². The van der Waals surface area contributed by atoms with Gasteiger partial charge in [-0.15, -0.1) is 0 Å². The normalized spacial score (nSPS) is 17.1. The van der Waals surface area contributed by atoms with Crippen LogP contribution >= 0.6 is 0 Å². The molecule has 0 aliphatic carbocycles. The van der Waals surface area contributed by atoms with E-state index in [4.69, 9.17) is 4.74 Å². The van der Waals surface area contributed by atoms with Crippen molar-refractivity contribution in [1.82, 2.24) is 5.32 Å². The third-order valence-corrected chi connectivity index (χ3v) is 3.09. The number of nitrogens with one attached hydrogen (secondary N) is 1. The second kappa shape index (κ2) is 4.82. The van der Waals surface area contributed by atoms with Crippen LogP contribution in [0, 0.1) is 5.82 Å². The number of hydrogen-bond acceptors (Lipinski definition) is 3. The molecule has 1 N–H and O–H groups in total. The van der Waals surface area contributed by atoms with E-state index in [9.17, 15) is 9.18 Å². The van der Waals surface area contributed by atoms with Crippen LogP contribution in [0.1, 0.15) is 27.7 Å². The summed E-state index contributed by atoms with van der Waals surface area (Å²) >= 11 is 0. The highest BCUT2D eigenvalue weighted by Crippen LogP contribution is 2.28. The molecule has 1 heterocycles. The van der Waals surface area contributed by atoms with Crippen molar-refractivity contribution in [1.29, 1.82) is 0 Å². The summed E-state index contributed by atoms with van der Waals surface area (Å²) < 4.78 is 18.0. The number of carbonyl (C=O) groups excluding carboxylic acids is 1. The van der Waals surface area contributed by atoms with Crippen LogP contribution in [0.2, 0.25) is 0 Å². The summed E-state index contributed by atoms with van der Waals surface area (Å²) in [5.74, 6) is -0.575. The minimum Gasteiger partial charge on any atom is -0.439 e. The molecule has 1 atom stereocenters. The Morgan fingerprint density at radius 2 is 1.84 bits per heavy atom. The first-order valence-corrected chi connectivity index (χ1v) is 6.02. The van der Waals surface area contributed by atoms with Gasteiger partial charge >= 0.3 is 5.97 Å². The topological polar surface area (TPSA) is 38.3 Å². The first kappa shape index (κ1) is 11.9. The van der Waals surface area contributed by atoms with Crippen LogP contribution in [0.25, 0.3) is 0 Å². The lowest BCUT2D eigenvalue weighted by Gasteiger charge is -2.12. The largest absolute Gasteiger partial charge is 0.439 e. The Morgan fingerprint density at radius 3 is 2.63 bits per heavy atom. The monoisotopic (exact) mass is 257 g/mol. The Labute approximate surface area is 110 Å². The third kappa shape index (κ3) is 2.35. The van der Waals surface area contributed by atoms with Gasteiger partial charge in [0.15, 0.2) is 6.23 Å². The molecule has 0 saturated heterocycles. The van der Waals surface area contributed by atoms with Gasteiger partial charge in [-0.1, -0.05) is 30.3 Å². The second-order valence-corrected chi connectivity index (χ2v) is 4.38. The molecule has 4 heteroatoms. The van der Waals surface area contributed by atoms with Gasteiger partial charge in [-0.05, 0) is 23.8 Å². The summed E-state index contributed by atoms with van der Waals surface area (Å²) in [5, 5.41) is 3.14. The number of carbonyl (C=O) groups is 1. The van der Waals surface area contributed by atoms with Gasteiger partial charge in [0, 0.05) is 12.1 Å². The summed E-state index contributed by atoms with van der Waals surface area (Å²) in [6.07, 6.45) is -0.436. The van der Waals surface area contributed by atoms with E-state index in [0.717, 1.165) is 11.1 Å². The number of benzene rings is 2. The van der Waals surface area contributed by atoms with Gasteiger partial charge in [0.25, 0.3) is 0 Å². The van der Waals surface area contributed by atoms with Gasteiger partial charge in [0.1, 0.15) is 5.82 Å². The molecule has 19 heavy (non-hydrogen) atoms. The zero-order chi connectivity index (χ0) is 13.2. The highest BCUT2D eigenvalue weighted by atomic mass is 19.1. The lowest BCUT2D eigenvalue weighted by molar-refractivity contribution is 0.0303. The second-order valence-electron chi connectivity index (χ2n) is 4.38. The summed E-state index contributed by atoms with van der Waals surface area (Å²) in [6, 6.07) is 13.5. The Morgan fingerprint density at radius 1 is 1.11 bits per heavy atom. The molecule has 0 radical (unpaired) electrons. The van der Waals surface area contributed by atoms with Crippen molar-refractivity contribution >= 4 is 5.97 Å². The van der Waals surface area contributed by atoms with E-state index < -0.39 is 6.23 Å². The van der Waals surface area contributed by atoms with Crippen LogP contribution in [0.15, 0.2) is 48.5 Å². The standard InChI is InChI=1S/C15H12FNO2/c16-11-7-5-10(6-8-11)9-17-14-12-3-1-2-4-13(12)15(18)19-14/h1-8,14,17H,9H2. The van der Waals surface area contributed by atoms with Gasteiger partial charge in [-0.3, -0.25) is 5.32 Å². The first-order valence-electron chi connectivity index (χ1n) is 6.02. The van der Waals surface area contributed by atoms with Crippen molar-refractivity contribution in [2.24, 2.45) is 0 Å². The van der Waals surface area contributed by atoms with Gasteiger partial charge in [0.2, 0.25) is 0 Å². The highest BCUT2D eigenvalue weighted by Gasteiger charge is 2.29. The molecule has 0 saturated carbocycles. The van der Waals surface area contributed by atoms with Gasteiger partial charge in [-0.25, -0.2) is 9.18 Å². The number of ether oxygens (including phenoxy) is 1. The molecule has 0 aromatic heterocycles. The Bertz CT molecular complexity index is 610. The van der Waals surface area contributed by atoms with Crippen LogP contribution in [-0.4, -0.2) is 5.97 Å². The van der Waals surface area contributed by atoms with Gasteiger partial charge in [-0.2, -0.15) is 0 Å². The lowest BCUT2D eigenvalue weighted by atomic mass is 10.1. The Kier molecular flexibility index (Phi) is 3.01. The smallest absolute Gasteiger partial charge is 0.340 e. The summed E-state index contributed by atoms with van der Waals surface area (Å²) in [5.41, 5.74) is 2.37. The zero-order valence-electron chi connectivity index (χ0n) is 10.1. The molecule has 96 valence electrons. The molecule has 1 aliphatic heterocycles. The molecule has 1 unspecified atom stereocenters. The maximum absolute atomic E-state index is 12.8. The Balaban J connectivity index is 1.72. The van der Waals surface area contributed by atoms with E-state index in [-0.39, 0.29) is 11.8 Å². The van der Waals surface area contributed by atoms with E-state index in [0.29, 0.717) is 12.1 Å². The van der Waals surface area contributed by atoms with Crippen molar-refractivity contribution in [2.45, 2.75) is 12.8 Å². The molecule has 0 fully saturated rings. The summed E-state index contributed by atoms with van der Waals surface area (Å²) in [4.78, 5) is 11.6. The average Bonchev–Trinajstić information content (AvgIpc) is 2.76. The first-order chi connectivity index (χ1) is 9.24. The number of hydrogen-bond donors (Lipinski definition) is 1. The van der Waals surface area contributed by atoms with E-state index in [1.165, 1.54) is 12.1 Å². The van der Waals surface area contributed by atoms with E-state index in [1.54, 1.807) is 18.2 Å². The number of fused-ring (bicyclic) bond motifs is 1. The highest BCUT2D eigenvalue weighted by molar-refractivity contribution is 5.93. The maximum atomic E-state index is 12.8. The van der Waals surface area contributed by atoms with Crippen LogP contribution in [0.3, 0.4) is 0 Å². The molecule has 0 spiro atoms. The van der Waals surface area contributed by atoms with Gasteiger partial charge in [0.05, 0.1) is 5.56 Å². The van der Waals surface area contributed by atoms with Gasteiger partial charge < -0.3 is 4.74 Å². The number of halogens is 1. The fraction of sp³-hybridized carbons (Fsp3) is 0.133. The quantitative estimate of drug-likeness (QED) is 0.859. The number of esters is 1. The molecular formula is C15H12FNO2. The number of rotatable bonds is 3. The van der Waals surface area contributed by atoms with E-state index in [1.807, 2.05) is 18.2 Å². The molecule has 3 rings (SSSR count). The molecular weight excluding hydrogens is 245 g/mol. The fourth-order valence-electron chi connectivity index (χ4n) is 2.11. The molecule has 0 bridgehead atoms. The Hall–Kier alpha value is -2.20.